The number of nitrogens with zero attached hydrogens (tertiary/aromatic N) is 5. The molecule has 36 heavy (non-hydrogen) atoms. The Kier molecular flexibility index (Phi) is 5.75. The van der Waals surface area contributed by atoms with E-state index in [0.29, 0.717) is 41.3 Å². The number of carbonyl (C=O) groups is 2. The molecule has 1 aromatic carbocycles. The first-order valence-corrected chi connectivity index (χ1v) is 11.5. The van der Waals surface area contributed by atoms with Crippen LogP contribution in [0.4, 0.5) is 22.1 Å². The van der Waals surface area contributed by atoms with Gasteiger partial charge in [0.15, 0.2) is 17.6 Å². The monoisotopic (exact) mass is 493 g/mol. The minimum atomic E-state index is -0.708. The average Bonchev–Trinajstić information content (AvgIpc) is 3.47. The summed E-state index contributed by atoms with van der Waals surface area (Å²) in [4.78, 5) is 36.1. The van der Waals surface area contributed by atoms with Crippen LogP contribution in [0.1, 0.15) is 44.0 Å². The van der Waals surface area contributed by atoms with Gasteiger partial charge in [-0.25, -0.2) is 14.8 Å². The molecule has 3 aromatic heterocycles. The first-order chi connectivity index (χ1) is 17.1. The molecule has 1 fully saturated rings. The molecule has 2 amide bonds. The Morgan fingerprint density at radius 1 is 1.28 bits per heavy atom. The van der Waals surface area contributed by atoms with E-state index >= 15 is 0 Å². The van der Waals surface area contributed by atoms with Gasteiger partial charge >= 0.3 is 6.09 Å². The summed E-state index contributed by atoms with van der Waals surface area (Å²) in [6.45, 7) is 5.33. The van der Waals surface area contributed by atoms with Crippen LogP contribution in [-0.4, -0.2) is 61.5 Å². The normalized spacial score (nSPS) is 17.6. The van der Waals surface area contributed by atoms with Crippen LogP contribution in [0.15, 0.2) is 41.3 Å². The summed E-state index contributed by atoms with van der Waals surface area (Å²) in [6, 6.07) is 6.72. The molecule has 1 saturated carbocycles. The van der Waals surface area contributed by atoms with Crippen molar-refractivity contribution in [2.75, 3.05) is 17.3 Å². The minimum absolute atomic E-state index is 0.205. The number of para-hydroxylation sites is 1. The second kappa shape index (κ2) is 8.79. The van der Waals surface area contributed by atoms with E-state index in [0.717, 1.165) is 0 Å². The number of oxazole rings is 1. The molecule has 188 valence electrons. The molecule has 3 heterocycles. The van der Waals surface area contributed by atoms with E-state index in [-0.39, 0.29) is 17.3 Å². The molecule has 5 rings (SSSR count). The summed E-state index contributed by atoms with van der Waals surface area (Å²) in [7, 11) is 1.55. The van der Waals surface area contributed by atoms with Crippen LogP contribution in [-0.2, 0) is 4.74 Å². The highest BCUT2D eigenvalue weighted by Crippen LogP contribution is 2.29. The average molecular weight is 494 g/mol. The van der Waals surface area contributed by atoms with Gasteiger partial charge in [0.05, 0.1) is 24.0 Å². The quantitative estimate of drug-likeness (QED) is 0.381. The SMILES string of the molecule is CN(C(=O)OC(C)(C)C)c1cc(Nc2cccc3ocnc23)nc2c(C(=O)NC3CC[C@H]3O)cnn12. The second-order valence-corrected chi connectivity index (χ2v) is 9.69. The van der Waals surface area contributed by atoms with Crippen molar-refractivity contribution in [2.24, 2.45) is 0 Å². The molecule has 12 nitrogen and oxygen atoms in total. The molecule has 1 unspecified atom stereocenters. The van der Waals surface area contributed by atoms with Gasteiger partial charge in [-0.05, 0) is 45.7 Å². The number of anilines is 3. The molecule has 4 aromatic rings. The number of rotatable bonds is 5. The zero-order valence-corrected chi connectivity index (χ0v) is 20.3. The van der Waals surface area contributed by atoms with Crippen molar-refractivity contribution < 1.29 is 23.8 Å². The van der Waals surface area contributed by atoms with Gasteiger partial charge in [0, 0.05) is 13.1 Å². The number of ether oxygens (including phenoxy) is 1. The van der Waals surface area contributed by atoms with E-state index < -0.39 is 23.7 Å². The zero-order chi connectivity index (χ0) is 25.6. The number of aliphatic hydroxyl groups excluding tert-OH is 1. The summed E-state index contributed by atoms with van der Waals surface area (Å²) < 4.78 is 12.3. The maximum Gasteiger partial charge on any atom is 0.415 e. The third-order valence-corrected chi connectivity index (χ3v) is 5.89. The van der Waals surface area contributed by atoms with Crippen molar-refractivity contribution in [1.29, 1.82) is 0 Å². The first kappa shape index (κ1) is 23.5. The smallest absolute Gasteiger partial charge is 0.415 e. The Bertz CT molecular complexity index is 1450. The van der Waals surface area contributed by atoms with E-state index in [1.54, 1.807) is 40.0 Å². The van der Waals surface area contributed by atoms with Crippen molar-refractivity contribution in [2.45, 2.75) is 51.4 Å². The molecule has 0 radical (unpaired) electrons. The highest BCUT2D eigenvalue weighted by molar-refractivity contribution is 6.01. The second-order valence-electron chi connectivity index (χ2n) is 9.69. The number of hydrogen-bond donors (Lipinski definition) is 3. The predicted molar refractivity (Wildman–Crippen MR) is 131 cm³/mol. The lowest BCUT2D eigenvalue weighted by Gasteiger charge is -2.32. The van der Waals surface area contributed by atoms with Gasteiger partial charge in [0.25, 0.3) is 5.91 Å². The van der Waals surface area contributed by atoms with Gasteiger partial charge in [0.2, 0.25) is 0 Å². The topological polar surface area (TPSA) is 147 Å². The molecule has 0 aliphatic heterocycles. The Balaban J connectivity index is 1.57. The number of amides is 2. The lowest BCUT2D eigenvalue weighted by molar-refractivity contribution is 0.0448. The number of carbonyl (C=O) groups excluding carboxylic acids is 2. The van der Waals surface area contributed by atoms with Crippen LogP contribution < -0.4 is 15.5 Å². The predicted octanol–water partition coefficient (Wildman–Crippen LogP) is 3.24. The Hall–Kier alpha value is -4.19. The van der Waals surface area contributed by atoms with Crippen molar-refractivity contribution in [3.05, 3.63) is 42.4 Å². The summed E-state index contributed by atoms with van der Waals surface area (Å²) >= 11 is 0. The van der Waals surface area contributed by atoms with E-state index in [4.69, 9.17) is 9.15 Å². The van der Waals surface area contributed by atoms with Gasteiger partial charge in [0.1, 0.15) is 28.3 Å². The van der Waals surface area contributed by atoms with Crippen LogP contribution in [0.3, 0.4) is 0 Å². The van der Waals surface area contributed by atoms with Gasteiger partial charge in [-0.2, -0.15) is 9.61 Å². The molecular formula is C24H27N7O5. The fourth-order valence-corrected chi connectivity index (χ4v) is 3.86. The molecule has 0 spiro atoms. The number of aliphatic hydroxyl groups is 1. The fraction of sp³-hybridized carbons (Fsp3) is 0.375. The summed E-state index contributed by atoms with van der Waals surface area (Å²) in [5.41, 5.74) is 1.55. The number of benzene rings is 1. The molecule has 0 saturated heterocycles. The van der Waals surface area contributed by atoms with Crippen LogP contribution in [0.5, 0.6) is 0 Å². The van der Waals surface area contributed by atoms with Crippen molar-refractivity contribution in [1.82, 2.24) is 24.9 Å². The summed E-state index contributed by atoms with van der Waals surface area (Å²) in [5, 5.41) is 20.2. The lowest BCUT2D eigenvalue weighted by atomic mass is 9.89. The minimum Gasteiger partial charge on any atom is -0.443 e. The molecule has 1 aliphatic carbocycles. The van der Waals surface area contributed by atoms with Crippen LogP contribution >= 0.6 is 0 Å². The third-order valence-electron chi connectivity index (χ3n) is 5.89. The first-order valence-electron chi connectivity index (χ1n) is 11.5. The largest absolute Gasteiger partial charge is 0.443 e. The van der Waals surface area contributed by atoms with Gasteiger partial charge in [-0.15, -0.1) is 0 Å². The fourth-order valence-electron chi connectivity index (χ4n) is 3.86. The molecule has 1 aliphatic rings. The van der Waals surface area contributed by atoms with E-state index in [1.165, 1.54) is 22.0 Å². The van der Waals surface area contributed by atoms with Crippen LogP contribution in [0.25, 0.3) is 16.7 Å². The highest BCUT2D eigenvalue weighted by atomic mass is 16.6. The lowest BCUT2D eigenvalue weighted by Crippen LogP contribution is -2.50. The van der Waals surface area contributed by atoms with E-state index in [9.17, 15) is 14.7 Å². The van der Waals surface area contributed by atoms with E-state index in [1.807, 2.05) is 12.1 Å². The molecule has 0 bridgehead atoms. The summed E-state index contributed by atoms with van der Waals surface area (Å²) in [5.74, 6) is 0.260. The maximum atomic E-state index is 13.0. The third kappa shape index (κ3) is 4.42. The van der Waals surface area contributed by atoms with Crippen molar-refractivity contribution in [3.8, 4) is 0 Å². The standard InChI is InChI=1S/C24H27N7O5/c1-24(2,3)36-23(34)30(4)19-10-18(27-15-6-5-7-17-20(15)25-12-35-17)29-21-13(11-26-31(19)21)22(33)28-14-8-9-16(14)32/h5-7,10-12,14,16,32H,8-9H2,1-4H3,(H,27,29)(H,28,33)/t14?,16-/m1/s1. The van der Waals surface area contributed by atoms with Gasteiger partial charge in [-0.3, -0.25) is 9.69 Å². The van der Waals surface area contributed by atoms with Crippen LogP contribution in [0, 0.1) is 0 Å². The number of aromatic nitrogens is 4. The zero-order valence-electron chi connectivity index (χ0n) is 20.3. The van der Waals surface area contributed by atoms with Crippen molar-refractivity contribution >= 4 is 46.1 Å². The number of hydrogen-bond acceptors (Lipinski definition) is 9. The van der Waals surface area contributed by atoms with Gasteiger partial charge < -0.3 is 24.9 Å². The Labute approximate surface area is 206 Å². The van der Waals surface area contributed by atoms with Crippen LogP contribution in [0.2, 0.25) is 0 Å². The Morgan fingerprint density at radius 2 is 2.08 bits per heavy atom. The van der Waals surface area contributed by atoms with Gasteiger partial charge in [-0.1, -0.05) is 6.07 Å². The molecule has 2 atom stereocenters. The summed E-state index contributed by atoms with van der Waals surface area (Å²) in [6.07, 6.45) is 2.90. The van der Waals surface area contributed by atoms with Crippen molar-refractivity contribution in [3.63, 3.8) is 0 Å². The highest BCUT2D eigenvalue weighted by Gasteiger charge is 2.32. The number of fused-ring (bicyclic) bond motifs is 2. The Morgan fingerprint density at radius 3 is 2.78 bits per heavy atom. The molecule has 3 N–H and O–H groups in total. The molecule has 12 heteroatoms. The number of nitrogens with one attached hydrogen (secondary N) is 2. The maximum absolute atomic E-state index is 13.0. The van der Waals surface area contributed by atoms with E-state index in [2.05, 4.69) is 25.7 Å². The molecular weight excluding hydrogens is 466 g/mol.